The Hall–Kier alpha value is -4.19. The van der Waals surface area contributed by atoms with Gasteiger partial charge in [0.25, 0.3) is 0 Å². The predicted octanol–water partition coefficient (Wildman–Crippen LogP) is 4.71. The summed E-state index contributed by atoms with van der Waals surface area (Å²) in [5, 5.41) is 2.95. The molecule has 0 unspecified atom stereocenters. The van der Waals surface area contributed by atoms with Crippen LogP contribution in [0.15, 0.2) is 97.2 Å². The maximum Gasteiger partial charge on any atom is 0.246 e. The van der Waals surface area contributed by atoms with E-state index in [9.17, 15) is 9.59 Å². The molecule has 0 atom stereocenters. The quantitative estimate of drug-likeness (QED) is 0.423. The maximum atomic E-state index is 13.1. The molecule has 0 aliphatic heterocycles. The average molecular weight is 451 g/mol. The highest BCUT2D eigenvalue weighted by atomic mass is 16.2. The van der Waals surface area contributed by atoms with Crippen LogP contribution in [0.25, 0.3) is 16.9 Å². The van der Waals surface area contributed by atoms with E-state index in [4.69, 9.17) is 4.98 Å². The van der Waals surface area contributed by atoms with Crippen LogP contribution < -0.4 is 5.32 Å². The Morgan fingerprint density at radius 3 is 2.15 bits per heavy atom. The van der Waals surface area contributed by atoms with Crippen LogP contribution in [0.3, 0.4) is 0 Å². The molecule has 1 aliphatic carbocycles. The first kappa shape index (κ1) is 21.6. The molecule has 5 rings (SSSR count). The van der Waals surface area contributed by atoms with Crippen molar-refractivity contribution in [3.63, 3.8) is 0 Å². The molecule has 0 radical (unpaired) electrons. The van der Waals surface area contributed by atoms with Crippen LogP contribution in [-0.4, -0.2) is 38.9 Å². The van der Waals surface area contributed by atoms with Crippen LogP contribution in [0.1, 0.15) is 18.4 Å². The lowest BCUT2D eigenvalue weighted by Gasteiger charge is -2.22. The van der Waals surface area contributed by atoms with Crippen molar-refractivity contribution in [1.82, 2.24) is 14.5 Å². The molecule has 4 aromatic rings. The molecule has 6 heteroatoms. The Labute approximate surface area is 198 Å². The van der Waals surface area contributed by atoms with Gasteiger partial charge in [0.2, 0.25) is 17.8 Å². The fourth-order valence-corrected chi connectivity index (χ4v) is 4.00. The molecule has 1 N–H and O–H groups in total. The van der Waals surface area contributed by atoms with Gasteiger partial charge in [-0.15, -0.1) is 0 Å². The fourth-order valence-electron chi connectivity index (χ4n) is 4.00. The number of amides is 2. The van der Waals surface area contributed by atoms with Crippen molar-refractivity contribution in [2.45, 2.75) is 25.3 Å². The number of aromatic nitrogens is 2. The van der Waals surface area contributed by atoms with Crippen molar-refractivity contribution in [3.05, 3.63) is 103 Å². The van der Waals surface area contributed by atoms with Crippen LogP contribution in [0.4, 0.5) is 5.95 Å². The zero-order valence-electron chi connectivity index (χ0n) is 18.8. The first-order valence-electron chi connectivity index (χ1n) is 11.5. The van der Waals surface area contributed by atoms with Gasteiger partial charge in [-0.3, -0.25) is 19.5 Å². The number of nitrogens with zero attached hydrogens (tertiary/aromatic N) is 3. The lowest BCUT2D eigenvalue weighted by molar-refractivity contribution is -0.134. The second kappa shape index (κ2) is 9.75. The summed E-state index contributed by atoms with van der Waals surface area (Å²) in [5.74, 6) is 0.150. The van der Waals surface area contributed by atoms with E-state index in [1.54, 1.807) is 4.90 Å². The number of rotatable bonds is 8. The molecule has 170 valence electrons. The van der Waals surface area contributed by atoms with Gasteiger partial charge >= 0.3 is 0 Å². The topological polar surface area (TPSA) is 67.2 Å². The third-order valence-corrected chi connectivity index (χ3v) is 5.88. The summed E-state index contributed by atoms with van der Waals surface area (Å²) in [5.41, 5.74) is 3.57. The Balaban J connectivity index is 1.36. The fraction of sp³-hybridized carbons (Fsp3) is 0.179. The zero-order valence-corrected chi connectivity index (χ0v) is 18.8. The number of benzene rings is 3. The minimum atomic E-state index is -0.254. The molecule has 0 bridgehead atoms. The van der Waals surface area contributed by atoms with Crippen molar-refractivity contribution in [1.29, 1.82) is 0 Å². The van der Waals surface area contributed by atoms with E-state index in [0.717, 1.165) is 35.3 Å². The number of carbonyl (C=O) groups is 2. The first-order chi connectivity index (χ1) is 16.7. The number of anilines is 1. The van der Waals surface area contributed by atoms with Gasteiger partial charge in [0.1, 0.15) is 6.54 Å². The van der Waals surface area contributed by atoms with Gasteiger partial charge in [-0.1, -0.05) is 78.9 Å². The van der Waals surface area contributed by atoms with Crippen LogP contribution in [0.5, 0.6) is 0 Å². The van der Waals surface area contributed by atoms with Crippen molar-refractivity contribution < 1.29 is 9.59 Å². The van der Waals surface area contributed by atoms with E-state index >= 15 is 0 Å². The molecule has 0 spiro atoms. The van der Waals surface area contributed by atoms with E-state index in [-0.39, 0.29) is 24.4 Å². The molecule has 3 aromatic carbocycles. The van der Waals surface area contributed by atoms with E-state index in [1.807, 2.05) is 102 Å². The SMILES string of the molecule is O=C(CN(C(=O)Cc1ccccc1)C1CC1)Nc1nc(-c2ccccc2)cn1-c1ccccc1. The second-order valence-electron chi connectivity index (χ2n) is 8.48. The smallest absolute Gasteiger partial charge is 0.246 e. The molecule has 34 heavy (non-hydrogen) atoms. The van der Waals surface area contributed by atoms with Crippen molar-refractivity contribution in [2.75, 3.05) is 11.9 Å². The molecule has 1 heterocycles. The van der Waals surface area contributed by atoms with Gasteiger partial charge in [-0.25, -0.2) is 4.98 Å². The number of hydrogen-bond donors (Lipinski definition) is 1. The molecular weight excluding hydrogens is 424 g/mol. The number of para-hydroxylation sites is 1. The highest BCUT2D eigenvalue weighted by molar-refractivity contribution is 5.94. The molecule has 1 fully saturated rings. The summed E-state index contributed by atoms with van der Waals surface area (Å²) in [6, 6.07) is 29.4. The first-order valence-corrected chi connectivity index (χ1v) is 11.5. The Kier molecular flexibility index (Phi) is 6.21. The third kappa shape index (κ3) is 5.07. The summed E-state index contributed by atoms with van der Waals surface area (Å²) in [6.07, 6.45) is 4.08. The minimum Gasteiger partial charge on any atom is -0.330 e. The molecular formula is C28H26N4O2. The summed E-state index contributed by atoms with van der Waals surface area (Å²) in [7, 11) is 0. The summed E-state index contributed by atoms with van der Waals surface area (Å²) < 4.78 is 1.87. The van der Waals surface area contributed by atoms with Gasteiger partial charge < -0.3 is 4.90 Å². The standard InChI is InChI=1S/C28H26N4O2/c33-26(20-31(24-16-17-24)27(34)18-21-10-4-1-5-11-21)30-28-29-25(22-12-6-2-7-13-22)19-32(28)23-14-8-3-9-15-23/h1-15,19,24H,16-18,20H2,(H,29,30,33). The minimum absolute atomic E-state index is 0.0126. The monoisotopic (exact) mass is 450 g/mol. The molecule has 1 aromatic heterocycles. The van der Waals surface area contributed by atoms with E-state index in [1.165, 1.54) is 0 Å². The summed E-state index contributed by atoms with van der Waals surface area (Å²) >= 11 is 0. The maximum absolute atomic E-state index is 13.1. The third-order valence-electron chi connectivity index (χ3n) is 5.88. The number of nitrogens with one attached hydrogen (secondary N) is 1. The zero-order chi connectivity index (χ0) is 23.3. The highest BCUT2D eigenvalue weighted by Crippen LogP contribution is 2.28. The highest BCUT2D eigenvalue weighted by Gasteiger charge is 2.34. The number of hydrogen-bond acceptors (Lipinski definition) is 3. The van der Waals surface area contributed by atoms with Gasteiger partial charge in [0.05, 0.1) is 12.1 Å². The predicted molar refractivity (Wildman–Crippen MR) is 133 cm³/mol. The van der Waals surface area contributed by atoms with E-state index in [2.05, 4.69) is 5.32 Å². The largest absolute Gasteiger partial charge is 0.330 e. The van der Waals surface area contributed by atoms with Crippen LogP contribution >= 0.6 is 0 Å². The molecule has 0 saturated heterocycles. The lowest BCUT2D eigenvalue weighted by Crippen LogP contribution is -2.40. The lowest BCUT2D eigenvalue weighted by atomic mass is 10.1. The van der Waals surface area contributed by atoms with Gasteiger partial charge in [0.15, 0.2) is 0 Å². The second-order valence-corrected chi connectivity index (χ2v) is 8.48. The summed E-state index contributed by atoms with van der Waals surface area (Å²) in [6.45, 7) is 0.0126. The molecule has 1 saturated carbocycles. The van der Waals surface area contributed by atoms with E-state index < -0.39 is 0 Å². The van der Waals surface area contributed by atoms with Crippen LogP contribution in [-0.2, 0) is 16.0 Å². The van der Waals surface area contributed by atoms with E-state index in [0.29, 0.717) is 12.4 Å². The Morgan fingerprint density at radius 2 is 1.50 bits per heavy atom. The number of carbonyl (C=O) groups excluding carboxylic acids is 2. The Morgan fingerprint density at radius 1 is 0.882 bits per heavy atom. The van der Waals surface area contributed by atoms with Crippen molar-refractivity contribution in [2.24, 2.45) is 0 Å². The van der Waals surface area contributed by atoms with Crippen molar-refractivity contribution in [3.8, 4) is 16.9 Å². The van der Waals surface area contributed by atoms with Gasteiger partial charge in [-0.05, 0) is 30.5 Å². The average Bonchev–Trinajstić information content (AvgIpc) is 3.63. The van der Waals surface area contributed by atoms with Crippen molar-refractivity contribution >= 4 is 17.8 Å². The summed E-state index contributed by atoms with van der Waals surface area (Å²) in [4.78, 5) is 32.5. The van der Waals surface area contributed by atoms with Gasteiger partial charge in [-0.2, -0.15) is 0 Å². The van der Waals surface area contributed by atoms with Gasteiger partial charge in [0, 0.05) is 23.5 Å². The molecule has 6 nitrogen and oxygen atoms in total. The molecule has 1 aliphatic rings. The van der Waals surface area contributed by atoms with Crippen LogP contribution in [0, 0.1) is 0 Å². The molecule has 2 amide bonds. The van der Waals surface area contributed by atoms with Crippen LogP contribution in [0.2, 0.25) is 0 Å². The number of imidazole rings is 1. The Bertz CT molecular complexity index is 1270. The normalized spacial score (nSPS) is 12.8.